The second-order valence-corrected chi connectivity index (χ2v) is 8.71. The number of sulfonamides is 1. The van der Waals surface area contributed by atoms with Crippen molar-refractivity contribution in [2.75, 3.05) is 5.32 Å². The number of rotatable bonds is 5. The van der Waals surface area contributed by atoms with Gasteiger partial charge in [-0.3, -0.25) is 4.79 Å². The number of carbonyl (C=O) groups is 1. The fraction of sp³-hybridized carbons (Fsp3) is 0.350. The maximum atomic E-state index is 14.2. The van der Waals surface area contributed by atoms with E-state index in [0.29, 0.717) is 5.69 Å². The van der Waals surface area contributed by atoms with Crippen LogP contribution in [0.1, 0.15) is 47.2 Å². The van der Waals surface area contributed by atoms with E-state index >= 15 is 0 Å². The molecule has 144 valence electrons. The number of carbonyl (C=O) groups excluding carboxylic acids is 1. The quantitative estimate of drug-likeness (QED) is 0.813. The van der Waals surface area contributed by atoms with Gasteiger partial charge in [-0.25, -0.2) is 17.5 Å². The Balaban J connectivity index is 1.83. The molecule has 0 saturated heterocycles. The zero-order chi connectivity index (χ0) is 19.6. The predicted octanol–water partition coefficient (Wildman–Crippen LogP) is 3.92. The van der Waals surface area contributed by atoms with E-state index in [4.69, 9.17) is 0 Å². The van der Waals surface area contributed by atoms with Crippen molar-refractivity contribution in [1.29, 1.82) is 0 Å². The minimum atomic E-state index is -3.80. The number of benzene rings is 2. The molecule has 5 nitrogen and oxygen atoms in total. The van der Waals surface area contributed by atoms with Gasteiger partial charge in [-0.1, -0.05) is 18.9 Å². The lowest BCUT2D eigenvalue weighted by molar-refractivity contribution is 0.102. The molecule has 0 atom stereocenters. The van der Waals surface area contributed by atoms with Crippen molar-refractivity contribution in [2.45, 2.75) is 50.5 Å². The van der Waals surface area contributed by atoms with Gasteiger partial charge in [-0.15, -0.1) is 0 Å². The van der Waals surface area contributed by atoms with Crippen LogP contribution in [-0.2, 0) is 10.0 Å². The molecule has 2 N–H and O–H groups in total. The number of hydrogen-bond acceptors (Lipinski definition) is 3. The van der Waals surface area contributed by atoms with Gasteiger partial charge < -0.3 is 5.32 Å². The summed E-state index contributed by atoms with van der Waals surface area (Å²) in [5, 5.41) is 2.62. The zero-order valence-corrected chi connectivity index (χ0v) is 16.2. The first-order chi connectivity index (χ1) is 12.8. The third-order valence-corrected chi connectivity index (χ3v) is 6.45. The smallest absolute Gasteiger partial charge is 0.258 e. The Kier molecular flexibility index (Phi) is 5.62. The van der Waals surface area contributed by atoms with E-state index in [1.54, 1.807) is 12.1 Å². The average Bonchev–Trinajstić information content (AvgIpc) is 3.10. The summed E-state index contributed by atoms with van der Waals surface area (Å²) in [6.45, 7) is 3.86. The molecular weight excluding hydrogens is 367 g/mol. The Labute approximate surface area is 159 Å². The summed E-state index contributed by atoms with van der Waals surface area (Å²) >= 11 is 0. The molecule has 1 saturated carbocycles. The molecule has 0 spiro atoms. The first-order valence-corrected chi connectivity index (χ1v) is 10.4. The number of nitrogens with one attached hydrogen (secondary N) is 2. The molecule has 1 aliphatic rings. The molecule has 3 rings (SSSR count). The fourth-order valence-corrected chi connectivity index (χ4v) is 4.53. The van der Waals surface area contributed by atoms with Gasteiger partial charge in [0.25, 0.3) is 5.91 Å². The number of anilines is 1. The Bertz CT molecular complexity index is 967. The van der Waals surface area contributed by atoms with Gasteiger partial charge in [0.15, 0.2) is 0 Å². The highest BCUT2D eigenvalue weighted by atomic mass is 32.2. The summed E-state index contributed by atoms with van der Waals surface area (Å²) in [4.78, 5) is 12.4. The molecule has 27 heavy (non-hydrogen) atoms. The van der Waals surface area contributed by atoms with Crippen molar-refractivity contribution in [3.8, 4) is 0 Å². The van der Waals surface area contributed by atoms with Crippen molar-refractivity contribution in [3.63, 3.8) is 0 Å². The highest BCUT2D eigenvalue weighted by molar-refractivity contribution is 7.89. The second kappa shape index (κ2) is 7.78. The standard InChI is InChI=1S/C20H23FN2O3S/c1-13-7-8-16(11-14(13)2)22-20(24)18-12-17(9-10-19(18)21)27(25,26)23-15-5-3-4-6-15/h7-12,15,23H,3-6H2,1-2H3,(H,22,24). The fourth-order valence-electron chi connectivity index (χ4n) is 3.19. The summed E-state index contributed by atoms with van der Waals surface area (Å²) in [7, 11) is -3.80. The zero-order valence-electron chi connectivity index (χ0n) is 15.4. The van der Waals surface area contributed by atoms with Crippen LogP contribution in [0.15, 0.2) is 41.3 Å². The van der Waals surface area contributed by atoms with Crippen molar-refractivity contribution in [3.05, 3.63) is 58.9 Å². The Hall–Kier alpha value is -2.25. The molecule has 1 amide bonds. The van der Waals surface area contributed by atoms with Crippen LogP contribution in [0.2, 0.25) is 0 Å². The molecule has 0 aliphatic heterocycles. The molecule has 2 aromatic carbocycles. The minimum Gasteiger partial charge on any atom is -0.322 e. The number of aryl methyl sites for hydroxylation is 2. The predicted molar refractivity (Wildman–Crippen MR) is 103 cm³/mol. The van der Waals surface area contributed by atoms with E-state index in [0.717, 1.165) is 48.9 Å². The van der Waals surface area contributed by atoms with Crippen LogP contribution in [0.4, 0.5) is 10.1 Å². The van der Waals surface area contributed by atoms with Gasteiger partial charge in [0.05, 0.1) is 10.5 Å². The van der Waals surface area contributed by atoms with Gasteiger partial charge in [-0.05, 0) is 68.1 Å². The first-order valence-electron chi connectivity index (χ1n) is 8.97. The van der Waals surface area contributed by atoms with Crippen LogP contribution in [0.5, 0.6) is 0 Å². The number of amides is 1. The van der Waals surface area contributed by atoms with Crippen molar-refractivity contribution in [2.24, 2.45) is 0 Å². The molecule has 7 heteroatoms. The number of halogens is 1. The average molecular weight is 390 g/mol. The summed E-state index contributed by atoms with van der Waals surface area (Å²) < 4.78 is 41.9. The summed E-state index contributed by atoms with van der Waals surface area (Å²) in [6.07, 6.45) is 3.56. The second-order valence-electron chi connectivity index (χ2n) is 7.00. The molecule has 0 heterocycles. The largest absolute Gasteiger partial charge is 0.322 e. The normalized spacial score (nSPS) is 15.1. The molecule has 0 bridgehead atoms. The van der Waals surface area contributed by atoms with Gasteiger partial charge >= 0.3 is 0 Å². The lowest BCUT2D eigenvalue weighted by atomic mass is 10.1. The minimum absolute atomic E-state index is 0.104. The highest BCUT2D eigenvalue weighted by Gasteiger charge is 2.24. The number of hydrogen-bond donors (Lipinski definition) is 2. The van der Waals surface area contributed by atoms with E-state index in [1.165, 1.54) is 6.07 Å². The Morgan fingerprint density at radius 3 is 2.41 bits per heavy atom. The van der Waals surface area contributed by atoms with Crippen LogP contribution in [0.3, 0.4) is 0 Å². The van der Waals surface area contributed by atoms with Crippen molar-refractivity contribution < 1.29 is 17.6 Å². The topological polar surface area (TPSA) is 75.3 Å². The molecule has 2 aromatic rings. The summed E-state index contributed by atoms with van der Waals surface area (Å²) in [5.74, 6) is -1.45. The third kappa shape index (κ3) is 4.54. The molecule has 0 aromatic heterocycles. The SMILES string of the molecule is Cc1ccc(NC(=O)c2cc(S(=O)(=O)NC3CCCC3)ccc2F)cc1C. The van der Waals surface area contributed by atoms with Crippen LogP contribution < -0.4 is 10.0 Å². The maximum absolute atomic E-state index is 14.2. The molecule has 0 radical (unpaired) electrons. The lowest BCUT2D eigenvalue weighted by Gasteiger charge is -2.14. The first kappa shape index (κ1) is 19.5. The maximum Gasteiger partial charge on any atom is 0.258 e. The van der Waals surface area contributed by atoms with E-state index < -0.39 is 21.7 Å². The lowest BCUT2D eigenvalue weighted by Crippen LogP contribution is -2.32. The molecule has 0 unspecified atom stereocenters. The van der Waals surface area contributed by atoms with E-state index in [2.05, 4.69) is 10.0 Å². The van der Waals surface area contributed by atoms with E-state index in [1.807, 2.05) is 19.9 Å². The summed E-state index contributed by atoms with van der Waals surface area (Å²) in [5.41, 5.74) is 2.29. The van der Waals surface area contributed by atoms with Gasteiger partial charge in [0.1, 0.15) is 5.82 Å². The molecular formula is C20H23FN2O3S. The Morgan fingerprint density at radius 1 is 1.04 bits per heavy atom. The highest BCUT2D eigenvalue weighted by Crippen LogP contribution is 2.22. The third-order valence-electron chi connectivity index (χ3n) is 4.93. The van der Waals surface area contributed by atoms with Gasteiger partial charge in [0, 0.05) is 11.7 Å². The van der Waals surface area contributed by atoms with Crippen molar-refractivity contribution >= 4 is 21.6 Å². The van der Waals surface area contributed by atoms with E-state index in [9.17, 15) is 17.6 Å². The molecule has 1 fully saturated rings. The molecule has 1 aliphatic carbocycles. The van der Waals surface area contributed by atoms with Gasteiger partial charge in [-0.2, -0.15) is 0 Å². The van der Waals surface area contributed by atoms with Crippen molar-refractivity contribution in [1.82, 2.24) is 4.72 Å². The van der Waals surface area contributed by atoms with Crippen LogP contribution in [0.25, 0.3) is 0 Å². The monoisotopic (exact) mass is 390 g/mol. The van der Waals surface area contributed by atoms with Crippen LogP contribution in [0, 0.1) is 19.7 Å². The van der Waals surface area contributed by atoms with Crippen LogP contribution >= 0.6 is 0 Å². The Morgan fingerprint density at radius 2 is 1.74 bits per heavy atom. The van der Waals surface area contributed by atoms with E-state index in [-0.39, 0.29) is 16.5 Å². The van der Waals surface area contributed by atoms with Gasteiger partial charge in [0.2, 0.25) is 10.0 Å². The van der Waals surface area contributed by atoms with Crippen LogP contribution in [-0.4, -0.2) is 20.4 Å². The summed E-state index contributed by atoms with van der Waals surface area (Å²) in [6, 6.07) is 8.54.